The van der Waals surface area contributed by atoms with Gasteiger partial charge in [-0.05, 0) is 12.5 Å². The molecule has 1 aromatic rings. The summed E-state index contributed by atoms with van der Waals surface area (Å²) < 4.78 is 0. The Morgan fingerprint density at radius 1 is 1.67 bits per heavy atom. The highest BCUT2D eigenvalue weighted by atomic mass is 35.5. The molecule has 4 heteroatoms. The number of nitrogens with zero attached hydrogens (tertiary/aromatic N) is 2. The Morgan fingerprint density at radius 2 is 2.33 bits per heavy atom. The molecule has 1 aromatic heterocycles. The van der Waals surface area contributed by atoms with Gasteiger partial charge in [0.15, 0.2) is 5.82 Å². The van der Waals surface area contributed by atoms with E-state index >= 15 is 0 Å². The van der Waals surface area contributed by atoms with Gasteiger partial charge in [0.2, 0.25) is 0 Å². The molecule has 0 saturated carbocycles. The highest BCUT2D eigenvalue weighted by Crippen LogP contribution is 2.17. The second-order valence-corrected chi connectivity index (χ2v) is 2.10. The van der Waals surface area contributed by atoms with Gasteiger partial charge in [-0.2, -0.15) is 5.10 Å². The van der Waals surface area contributed by atoms with E-state index in [1.807, 2.05) is 6.92 Å². The van der Waals surface area contributed by atoms with E-state index in [0.29, 0.717) is 5.02 Å². The minimum Gasteiger partial charge on any atom is -0.381 e. The van der Waals surface area contributed by atoms with Crippen LogP contribution >= 0.6 is 11.6 Å². The molecule has 0 atom stereocenters. The molecular formula is C5H6ClN3. The predicted molar refractivity (Wildman–Crippen MR) is 36.2 cm³/mol. The van der Waals surface area contributed by atoms with Crippen LogP contribution in [0.1, 0.15) is 5.56 Å². The van der Waals surface area contributed by atoms with Gasteiger partial charge in [0.25, 0.3) is 0 Å². The van der Waals surface area contributed by atoms with Gasteiger partial charge in [0.05, 0.1) is 11.2 Å². The van der Waals surface area contributed by atoms with E-state index < -0.39 is 0 Å². The van der Waals surface area contributed by atoms with E-state index in [4.69, 9.17) is 17.3 Å². The lowest BCUT2D eigenvalue weighted by Crippen LogP contribution is -1.94. The topological polar surface area (TPSA) is 51.8 Å². The number of aryl methyl sites for hydroxylation is 1. The number of rotatable bonds is 0. The van der Waals surface area contributed by atoms with Crippen LogP contribution in [0.25, 0.3) is 0 Å². The van der Waals surface area contributed by atoms with Crippen molar-refractivity contribution in [2.75, 3.05) is 5.73 Å². The highest BCUT2D eigenvalue weighted by Gasteiger charge is 1.98. The largest absolute Gasteiger partial charge is 0.381 e. The Bertz CT molecular complexity index is 203. The van der Waals surface area contributed by atoms with Crippen LogP contribution in [-0.4, -0.2) is 10.2 Å². The minimum atomic E-state index is 0.289. The third kappa shape index (κ3) is 1.10. The molecule has 1 rings (SSSR count). The third-order valence-electron chi connectivity index (χ3n) is 0.988. The van der Waals surface area contributed by atoms with E-state index in [1.54, 1.807) is 6.20 Å². The summed E-state index contributed by atoms with van der Waals surface area (Å²) in [6.07, 6.45) is 1.57. The van der Waals surface area contributed by atoms with Crippen molar-refractivity contribution < 1.29 is 0 Å². The minimum absolute atomic E-state index is 0.289. The first kappa shape index (κ1) is 6.29. The van der Waals surface area contributed by atoms with Crippen LogP contribution in [0.5, 0.6) is 0 Å². The molecule has 0 spiro atoms. The normalized spacial score (nSPS) is 9.56. The van der Waals surface area contributed by atoms with Crippen LogP contribution in [-0.2, 0) is 0 Å². The maximum Gasteiger partial charge on any atom is 0.165 e. The Balaban J connectivity index is 3.25. The summed E-state index contributed by atoms with van der Waals surface area (Å²) in [6.45, 7) is 1.83. The molecule has 0 aromatic carbocycles. The zero-order chi connectivity index (χ0) is 6.85. The van der Waals surface area contributed by atoms with Crippen molar-refractivity contribution in [1.29, 1.82) is 0 Å². The molecule has 0 radical (unpaired) electrons. The molecule has 1 heterocycles. The fourth-order valence-electron chi connectivity index (χ4n) is 0.480. The van der Waals surface area contributed by atoms with Crippen molar-refractivity contribution in [3.63, 3.8) is 0 Å². The summed E-state index contributed by atoms with van der Waals surface area (Å²) in [4.78, 5) is 0. The number of hydrogen-bond donors (Lipinski definition) is 1. The number of nitrogen functional groups attached to an aromatic ring is 1. The molecule has 9 heavy (non-hydrogen) atoms. The molecule has 0 aliphatic carbocycles. The molecule has 3 nitrogen and oxygen atoms in total. The second-order valence-electron chi connectivity index (χ2n) is 1.73. The zero-order valence-electron chi connectivity index (χ0n) is 4.93. The number of aromatic nitrogens is 2. The first-order valence-corrected chi connectivity index (χ1v) is 2.83. The molecule has 2 N–H and O–H groups in total. The second kappa shape index (κ2) is 2.19. The van der Waals surface area contributed by atoms with E-state index in [-0.39, 0.29) is 5.82 Å². The number of nitrogens with two attached hydrogens (primary N) is 1. The van der Waals surface area contributed by atoms with Crippen molar-refractivity contribution >= 4 is 17.4 Å². The fourth-order valence-corrected chi connectivity index (χ4v) is 0.567. The van der Waals surface area contributed by atoms with Gasteiger partial charge in [0, 0.05) is 0 Å². The Labute approximate surface area is 57.8 Å². The lowest BCUT2D eigenvalue weighted by atomic mass is 10.3. The molecule has 0 aliphatic heterocycles. The molecule has 0 saturated heterocycles. The van der Waals surface area contributed by atoms with Crippen molar-refractivity contribution in [3.05, 3.63) is 16.8 Å². The van der Waals surface area contributed by atoms with Crippen LogP contribution < -0.4 is 5.73 Å². The molecule has 0 amide bonds. The van der Waals surface area contributed by atoms with E-state index in [2.05, 4.69) is 10.2 Å². The van der Waals surface area contributed by atoms with Gasteiger partial charge < -0.3 is 5.73 Å². The number of halogens is 1. The summed E-state index contributed by atoms with van der Waals surface area (Å²) in [5, 5.41) is 7.61. The summed E-state index contributed by atoms with van der Waals surface area (Å²) in [7, 11) is 0. The zero-order valence-corrected chi connectivity index (χ0v) is 5.68. The van der Waals surface area contributed by atoms with Crippen molar-refractivity contribution in [3.8, 4) is 0 Å². The monoisotopic (exact) mass is 143 g/mol. The summed E-state index contributed by atoms with van der Waals surface area (Å²) in [5.41, 5.74) is 6.17. The Kier molecular flexibility index (Phi) is 1.53. The molecule has 48 valence electrons. The summed E-state index contributed by atoms with van der Waals surface area (Å²) in [6, 6.07) is 0. The van der Waals surface area contributed by atoms with Crippen LogP contribution in [0, 0.1) is 6.92 Å². The van der Waals surface area contributed by atoms with E-state index in [1.165, 1.54) is 0 Å². The van der Waals surface area contributed by atoms with Gasteiger partial charge in [-0.25, -0.2) is 0 Å². The standard InChI is InChI=1S/C5H6ClN3/c1-3-2-8-9-5(7)4(3)6/h2H,1H3,(H2,7,9). The molecular weight excluding hydrogens is 138 g/mol. The summed E-state index contributed by atoms with van der Waals surface area (Å²) in [5.74, 6) is 0.289. The van der Waals surface area contributed by atoms with Crippen LogP contribution in [0.3, 0.4) is 0 Å². The first-order chi connectivity index (χ1) is 4.22. The van der Waals surface area contributed by atoms with Gasteiger partial charge in [0.1, 0.15) is 0 Å². The average molecular weight is 144 g/mol. The van der Waals surface area contributed by atoms with E-state index in [9.17, 15) is 0 Å². The smallest absolute Gasteiger partial charge is 0.165 e. The maximum absolute atomic E-state index is 5.65. The fraction of sp³-hybridized carbons (Fsp3) is 0.200. The molecule has 0 fully saturated rings. The van der Waals surface area contributed by atoms with Crippen LogP contribution in [0.4, 0.5) is 5.82 Å². The first-order valence-electron chi connectivity index (χ1n) is 2.45. The van der Waals surface area contributed by atoms with Crippen LogP contribution in [0.2, 0.25) is 5.02 Å². The van der Waals surface area contributed by atoms with Gasteiger partial charge >= 0.3 is 0 Å². The highest BCUT2D eigenvalue weighted by molar-refractivity contribution is 6.33. The Morgan fingerprint density at radius 3 is 2.78 bits per heavy atom. The lowest BCUT2D eigenvalue weighted by molar-refractivity contribution is 1.03. The van der Waals surface area contributed by atoms with Gasteiger partial charge in [-0.3, -0.25) is 0 Å². The third-order valence-corrected chi connectivity index (χ3v) is 1.48. The quantitative estimate of drug-likeness (QED) is 0.590. The van der Waals surface area contributed by atoms with Gasteiger partial charge in [-0.1, -0.05) is 11.6 Å². The molecule has 0 bridgehead atoms. The summed E-state index contributed by atoms with van der Waals surface area (Å²) >= 11 is 5.65. The Hall–Kier alpha value is -0.830. The molecule has 0 unspecified atom stereocenters. The predicted octanol–water partition coefficient (Wildman–Crippen LogP) is 1.02. The average Bonchev–Trinajstić information content (AvgIpc) is 1.83. The lowest BCUT2D eigenvalue weighted by Gasteiger charge is -1.95. The molecule has 0 aliphatic rings. The maximum atomic E-state index is 5.65. The van der Waals surface area contributed by atoms with Crippen molar-refractivity contribution in [1.82, 2.24) is 10.2 Å². The SMILES string of the molecule is Cc1cnnc(N)c1Cl. The van der Waals surface area contributed by atoms with Crippen LogP contribution in [0.15, 0.2) is 6.20 Å². The number of anilines is 1. The van der Waals surface area contributed by atoms with Crippen molar-refractivity contribution in [2.24, 2.45) is 0 Å². The van der Waals surface area contributed by atoms with Crippen molar-refractivity contribution in [2.45, 2.75) is 6.92 Å². The number of hydrogen-bond acceptors (Lipinski definition) is 3. The van der Waals surface area contributed by atoms with E-state index in [0.717, 1.165) is 5.56 Å². The van der Waals surface area contributed by atoms with Gasteiger partial charge in [-0.15, -0.1) is 5.10 Å².